The predicted octanol–water partition coefficient (Wildman–Crippen LogP) is 0.526. The Kier molecular flexibility index (Phi) is 5.25. The number of rotatable bonds is 5. The molecule has 1 amide bonds. The summed E-state index contributed by atoms with van der Waals surface area (Å²) in [6.45, 7) is 0.440. The van der Waals surface area contributed by atoms with Crippen molar-refractivity contribution in [2.45, 2.75) is 25.3 Å². The summed E-state index contributed by atoms with van der Waals surface area (Å²) in [5.41, 5.74) is 7.99. The number of carbonyl (C=O) groups is 2. The van der Waals surface area contributed by atoms with E-state index in [0.29, 0.717) is 12.1 Å². The third-order valence-electron chi connectivity index (χ3n) is 4.32. The summed E-state index contributed by atoms with van der Waals surface area (Å²) in [5, 5.41) is 22.1. The molecule has 1 atom stereocenters. The van der Waals surface area contributed by atoms with Crippen LogP contribution in [0.3, 0.4) is 0 Å². The molecule has 3 rings (SSSR count). The van der Waals surface area contributed by atoms with E-state index < -0.39 is 19.0 Å². The third kappa shape index (κ3) is 3.87. The first kappa shape index (κ1) is 18.0. The maximum atomic E-state index is 12.3. The minimum Gasteiger partial charge on any atom is -0.534 e. The number of hydrogen-bond donors (Lipinski definition) is 4. The fraction of sp³-hybridized carbons (Fsp3) is 0.222. The smallest absolute Gasteiger partial charge is 0.534 e. The second-order valence-electron chi connectivity index (χ2n) is 6.18. The molecule has 2 aromatic rings. The van der Waals surface area contributed by atoms with Crippen molar-refractivity contribution in [3.63, 3.8) is 0 Å². The van der Waals surface area contributed by atoms with Crippen molar-refractivity contribution in [1.29, 1.82) is 0 Å². The number of para-hydroxylation sites is 1. The van der Waals surface area contributed by atoms with E-state index in [1.54, 1.807) is 12.1 Å². The molecule has 8 heteroatoms. The fourth-order valence-corrected chi connectivity index (χ4v) is 2.95. The largest absolute Gasteiger partial charge is 0.547 e. The van der Waals surface area contributed by atoms with Gasteiger partial charge in [-0.05, 0) is 29.2 Å². The van der Waals surface area contributed by atoms with Crippen molar-refractivity contribution in [2.75, 3.05) is 0 Å². The van der Waals surface area contributed by atoms with Crippen molar-refractivity contribution in [2.24, 2.45) is 5.73 Å². The Morgan fingerprint density at radius 2 is 1.88 bits per heavy atom. The van der Waals surface area contributed by atoms with Gasteiger partial charge in [-0.3, -0.25) is 4.79 Å². The monoisotopic (exact) mass is 354 g/mol. The number of amides is 1. The van der Waals surface area contributed by atoms with Crippen molar-refractivity contribution < 1.29 is 24.4 Å². The molecule has 2 aromatic carbocycles. The minimum absolute atomic E-state index is 0.00804. The first-order valence-corrected chi connectivity index (χ1v) is 8.25. The Balaban J connectivity index is 1.67. The van der Waals surface area contributed by atoms with E-state index >= 15 is 0 Å². The molecule has 0 unspecified atom stereocenters. The maximum absolute atomic E-state index is 12.3. The number of nitrogens with one attached hydrogen (secondary N) is 1. The minimum atomic E-state index is -1.31. The number of benzene rings is 2. The molecule has 0 spiro atoms. The molecular weight excluding hydrogens is 335 g/mol. The highest BCUT2D eigenvalue weighted by Gasteiger charge is 2.37. The van der Waals surface area contributed by atoms with E-state index in [9.17, 15) is 19.7 Å². The lowest BCUT2D eigenvalue weighted by Crippen LogP contribution is -2.53. The van der Waals surface area contributed by atoms with Crippen molar-refractivity contribution >= 4 is 19.0 Å². The van der Waals surface area contributed by atoms with Crippen LogP contribution in [-0.2, 0) is 24.2 Å². The summed E-state index contributed by atoms with van der Waals surface area (Å²) >= 11 is 0. The highest BCUT2D eigenvalue weighted by molar-refractivity contribution is 6.47. The Hall–Kier alpha value is -2.84. The summed E-state index contributed by atoms with van der Waals surface area (Å²) in [7, 11) is -1.31. The van der Waals surface area contributed by atoms with Crippen LogP contribution in [0, 0.1) is 0 Å². The van der Waals surface area contributed by atoms with Crippen LogP contribution >= 0.6 is 0 Å². The second-order valence-corrected chi connectivity index (χ2v) is 6.18. The SMILES string of the molecule is NCc1ccc(CC(=O)N[C@H]2Cc3cccc(C(=O)O)c3OB2O)cc1. The Labute approximate surface area is 150 Å². The molecule has 0 saturated carbocycles. The van der Waals surface area contributed by atoms with Gasteiger partial charge in [0.05, 0.1) is 17.9 Å². The van der Waals surface area contributed by atoms with Gasteiger partial charge in [0.1, 0.15) is 5.75 Å². The topological polar surface area (TPSA) is 122 Å². The van der Waals surface area contributed by atoms with Crippen LogP contribution < -0.4 is 15.7 Å². The van der Waals surface area contributed by atoms with Crippen LogP contribution in [0.2, 0.25) is 0 Å². The van der Waals surface area contributed by atoms with Gasteiger partial charge in [-0.2, -0.15) is 0 Å². The highest BCUT2D eigenvalue weighted by Crippen LogP contribution is 2.30. The fourth-order valence-electron chi connectivity index (χ4n) is 2.95. The number of hydrogen-bond acceptors (Lipinski definition) is 5. The molecule has 0 aromatic heterocycles. The van der Waals surface area contributed by atoms with E-state index in [-0.39, 0.29) is 30.1 Å². The number of aromatic carboxylic acids is 1. The number of carboxylic acid groups (broad SMARTS) is 1. The van der Waals surface area contributed by atoms with Crippen LogP contribution in [0.4, 0.5) is 0 Å². The van der Waals surface area contributed by atoms with Crippen molar-refractivity contribution in [3.05, 3.63) is 64.7 Å². The van der Waals surface area contributed by atoms with Gasteiger partial charge in [-0.1, -0.05) is 36.4 Å². The molecular formula is C18H19BN2O5. The maximum Gasteiger partial charge on any atom is 0.547 e. The zero-order valence-corrected chi connectivity index (χ0v) is 14.0. The van der Waals surface area contributed by atoms with Crippen LogP contribution in [0.15, 0.2) is 42.5 Å². The Morgan fingerprint density at radius 3 is 2.54 bits per heavy atom. The quantitative estimate of drug-likeness (QED) is 0.581. The summed E-state index contributed by atoms with van der Waals surface area (Å²) in [6.07, 6.45) is 0.450. The second kappa shape index (κ2) is 7.59. The molecule has 0 aliphatic carbocycles. The molecule has 0 saturated heterocycles. The summed E-state index contributed by atoms with van der Waals surface area (Å²) < 4.78 is 5.36. The molecule has 134 valence electrons. The lowest BCUT2D eigenvalue weighted by Gasteiger charge is -2.28. The van der Waals surface area contributed by atoms with Crippen molar-refractivity contribution in [3.8, 4) is 5.75 Å². The number of carboxylic acids is 1. The zero-order chi connectivity index (χ0) is 18.7. The molecule has 5 N–H and O–H groups in total. The standard InChI is InChI=1S/C18H19BN2O5/c20-10-12-6-4-11(5-7-12)8-16(22)21-15-9-13-2-1-3-14(18(23)24)17(13)26-19(15)25/h1-7,15,25H,8-10,20H2,(H,21,22)(H,23,24)/t15-/m0/s1. The molecule has 26 heavy (non-hydrogen) atoms. The summed E-state index contributed by atoms with van der Waals surface area (Å²) in [5.74, 6) is -1.88. The van der Waals surface area contributed by atoms with E-state index in [4.69, 9.17) is 10.4 Å². The van der Waals surface area contributed by atoms with Gasteiger partial charge in [0.15, 0.2) is 0 Å². The Bertz CT molecular complexity index is 825. The van der Waals surface area contributed by atoms with Crippen molar-refractivity contribution in [1.82, 2.24) is 5.32 Å². The van der Waals surface area contributed by atoms with Crippen LogP contribution in [0.25, 0.3) is 0 Å². The van der Waals surface area contributed by atoms with Crippen LogP contribution in [0.1, 0.15) is 27.0 Å². The van der Waals surface area contributed by atoms with Gasteiger partial charge in [0.25, 0.3) is 0 Å². The van der Waals surface area contributed by atoms with E-state index in [0.717, 1.165) is 11.1 Å². The molecule has 0 bridgehead atoms. The van der Waals surface area contributed by atoms with Gasteiger partial charge >= 0.3 is 13.1 Å². The molecule has 1 aliphatic rings. The van der Waals surface area contributed by atoms with Crippen LogP contribution in [-0.4, -0.2) is 35.1 Å². The van der Waals surface area contributed by atoms with E-state index in [1.165, 1.54) is 6.07 Å². The predicted molar refractivity (Wildman–Crippen MR) is 95.7 cm³/mol. The molecule has 0 radical (unpaired) electrons. The third-order valence-corrected chi connectivity index (χ3v) is 4.32. The van der Waals surface area contributed by atoms with E-state index in [1.807, 2.05) is 24.3 Å². The molecule has 0 fully saturated rings. The van der Waals surface area contributed by atoms with E-state index in [2.05, 4.69) is 5.32 Å². The summed E-state index contributed by atoms with van der Waals surface area (Å²) in [6, 6.07) is 12.2. The zero-order valence-electron chi connectivity index (χ0n) is 14.0. The lowest BCUT2D eigenvalue weighted by molar-refractivity contribution is -0.120. The van der Waals surface area contributed by atoms with Gasteiger partial charge in [0.2, 0.25) is 5.91 Å². The number of carbonyl (C=O) groups excluding carboxylic acids is 1. The molecule has 7 nitrogen and oxygen atoms in total. The average Bonchev–Trinajstić information content (AvgIpc) is 2.62. The van der Waals surface area contributed by atoms with Gasteiger partial charge < -0.3 is 25.8 Å². The van der Waals surface area contributed by atoms with Gasteiger partial charge in [-0.25, -0.2) is 4.79 Å². The molecule has 1 heterocycles. The van der Waals surface area contributed by atoms with Gasteiger partial charge in [0, 0.05) is 6.54 Å². The lowest BCUT2D eigenvalue weighted by atomic mass is 9.72. The van der Waals surface area contributed by atoms with Gasteiger partial charge in [-0.15, -0.1) is 0 Å². The Morgan fingerprint density at radius 1 is 1.19 bits per heavy atom. The summed E-state index contributed by atoms with van der Waals surface area (Å²) in [4.78, 5) is 23.5. The normalized spacial score (nSPS) is 15.8. The first-order chi connectivity index (χ1) is 12.5. The number of nitrogens with two attached hydrogens (primary N) is 1. The average molecular weight is 354 g/mol. The molecule has 1 aliphatic heterocycles. The number of fused-ring (bicyclic) bond motifs is 1. The van der Waals surface area contributed by atoms with Crippen LogP contribution in [0.5, 0.6) is 5.75 Å². The highest BCUT2D eigenvalue weighted by atomic mass is 16.5. The first-order valence-electron chi connectivity index (χ1n) is 8.25.